The molecule has 1 heterocycles. The highest BCUT2D eigenvalue weighted by Gasteiger charge is 2.23. The van der Waals surface area contributed by atoms with Gasteiger partial charge in [-0.3, -0.25) is 4.90 Å². The molecule has 1 unspecified atom stereocenters. The minimum absolute atomic E-state index is 0.118. The number of anilines is 1. The Kier molecular flexibility index (Phi) is 5.38. The first kappa shape index (κ1) is 15.3. The molecule has 3 nitrogen and oxygen atoms in total. The molecular formula is C16H26FN3. The quantitative estimate of drug-likeness (QED) is 0.897. The maximum Gasteiger partial charge on any atom is 0.146 e. The molecule has 20 heavy (non-hydrogen) atoms. The largest absolute Gasteiger partial charge is 0.366 e. The third-order valence-corrected chi connectivity index (χ3v) is 4.33. The average molecular weight is 279 g/mol. The highest BCUT2D eigenvalue weighted by molar-refractivity contribution is 5.55. The molecule has 2 rings (SSSR count). The Morgan fingerprint density at radius 3 is 2.55 bits per heavy atom. The number of hydrogen-bond donors (Lipinski definition) is 1. The van der Waals surface area contributed by atoms with Crippen molar-refractivity contribution in [1.82, 2.24) is 4.90 Å². The third-order valence-electron chi connectivity index (χ3n) is 4.33. The molecule has 0 amide bonds. The van der Waals surface area contributed by atoms with Gasteiger partial charge in [0.2, 0.25) is 0 Å². The second-order valence-electron chi connectivity index (χ2n) is 5.57. The summed E-state index contributed by atoms with van der Waals surface area (Å²) < 4.78 is 14.2. The summed E-state index contributed by atoms with van der Waals surface area (Å²) >= 11 is 0. The number of rotatable bonds is 5. The van der Waals surface area contributed by atoms with E-state index in [1.807, 2.05) is 6.07 Å². The van der Waals surface area contributed by atoms with Crippen LogP contribution in [0.5, 0.6) is 0 Å². The van der Waals surface area contributed by atoms with Crippen molar-refractivity contribution in [2.75, 3.05) is 37.6 Å². The lowest BCUT2D eigenvalue weighted by atomic mass is 10.1. The van der Waals surface area contributed by atoms with Gasteiger partial charge in [-0.1, -0.05) is 19.1 Å². The van der Waals surface area contributed by atoms with Gasteiger partial charge < -0.3 is 10.6 Å². The number of nitrogens with two attached hydrogens (primary N) is 1. The Morgan fingerprint density at radius 1 is 1.25 bits per heavy atom. The Bertz CT molecular complexity index is 428. The second kappa shape index (κ2) is 7.04. The van der Waals surface area contributed by atoms with E-state index in [9.17, 15) is 4.39 Å². The van der Waals surface area contributed by atoms with Gasteiger partial charge >= 0.3 is 0 Å². The standard InChI is InChI=1S/C16H26FN3/c1-3-13(2)19-9-11-20(12-10-19)16-14(7-8-18)5-4-6-15(16)17/h4-6,13H,3,7-12,18H2,1-2H3. The van der Waals surface area contributed by atoms with Crippen molar-refractivity contribution in [1.29, 1.82) is 0 Å². The van der Waals surface area contributed by atoms with Gasteiger partial charge in [0.15, 0.2) is 0 Å². The van der Waals surface area contributed by atoms with Crippen molar-refractivity contribution in [3.8, 4) is 0 Å². The number of piperazine rings is 1. The molecule has 0 radical (unpaired) electrons. The van der Waals surface area contributed by atoms with E-state index in [1.54, 1.807) is 12.1 Å². The smallest absolute Gasteiger partial charge is 0.146 e. The molecule has 1 fully saturated rings. The van der Waals surface area contributed by atoms with E-state index in [1.165, 1.54) is 0 Å². The SMILES string of the molecule is CCC(C)N1CCN(c2c(F)cccc2CCN)CC1. The van der Waals surface area contributed by atoms with Crippen LogP contribution in [0, 0.1) is 5.82 Å². The monoisotopic (exact) mass is 279 g/mol. The molecule has 0 saturated carbocycles. The first-order valence-electron chi connectivity index (χ1n) is 7.63. The fourth-order valence-corrected chi connectivity index (χ4v) is 2.92. The molecule has 0 aliphatic carbocycles. The number of para-hydroxylation sites is 1. The third kappa shape index (κ3) is 3.30. The highest BCUT2D eigenvalue weighted by Crippen LogP contribution is 2.26. The lowest BCUT2D eigenvalue weighted by Crippen LogP contribution is -2.50. The predicted octanol–water partition coefficient (Wildman–Crippen LogP) is 2.25. The van der Waals surface area contributed by atoms with E-state index >= 15 is 0 Å². The van der Waals surface area contributed by atoms with Gasteiger partial charge in [-0.2, -0.15) is 0 Å². The molecule has 1 aliphatic rings. The molecule has 4 heteroatoms. The summed E-state index contributed by atoms with van der Waals surface area (Å²) in [6, 6.07) is 5.93. The topological polar surface area (TPSA) is 32.5 Å². The normalized spacial score (nSPS) is 18.3. The van der Waals surface area contributed by atoms with Crippen LogP contribution >= 0.6 is 0 Å². The van der Waals surface area contributed by atoms with E-state index in [-0.39, 0.29) is 5.82 Å². The van der Waals surface area contributed by atoms with Crippen LogP contribution < -0.4 is 10.6 Å². The lowest BCUT2D eigenvalue weighted by Gasteiger charge is -2.39. The van der Waals surface area contributed by atoms with Crippen LogP contribution in [0.3, 0.4) is 0 Å². The second-order valence-corrected chi connectivity index (χ2v) is 5.57. The molecule has 1 aromatic carbocycles. The molecule has 1 saturated heterocycles. The van der Waals surface area contributed by atoms with Gasteiger partial charge in [-0.05, 0) is 37.9 Å². The van der Waals surface area contributed by atoms with E-state index in [4.69, 9.17) is 5.73 Å². The van der Waals surface area contributed by atoms with Crippen LogP contribution in [0.2, 0.25) is 0 Å². The highest BCUT2D eigenvalue weighted by atomic mass is 19.1. The molecule has 0 bridgehead atoms. The zero-order valence-corrected chi connectivity index (χ0v) is 12.6. The zero-order valence-electron chi connectivity index (χ0n) is 12.6. The van der Waals surface area contributed by atoms with Gasteiger partial charge in [-0.25, -0.2) is 4.39 Å². The zero-order chi connectivity index (χ0) is 14.5. The maximum absolute atomic E-state index is 14.2. The lowest BCUT2D eigenvalue weighted by molar-refractivity contribution is 0.192. The Morgan fingerprint density at radius 2 is 1.95 bits per heavy atom. The Hall–Kier alpha value is -1.13. The van der Waals surface area contributed by atoms with Gasteiger partial charge in [0, 0.05) is 32.2 Å². The van der Waals surface area contributed by atoms with Crippen molar-refractivity contribution in [3.05, 3.63) is 29.6 Å². The van der Waals surface area contributed by atoms with Crippen LogP contribution in [-0.4, -0.2) is 43.7 Å². The van der Waals surface area contributed by atoms with Gasteiger partial charge in [0.1, 0.15) is 5.82 Å². The van der Waals surface area contributed by atoms with E-state index < -0.39 is 0 Å². The van der Waals surface area contributed by atoms with E-state index in [0.717, 1.165) is 50.3 Å². The summed E-state index contributed by atoms with van der Waals surface area (Å²) in [6.45, 7) is 8.83. The molecule has 1 atom stereocenters. The van der Waals surface area contributed by atoms with Crippen molar-refractivity contribution in [3.63, 3.8) is 0 Å². The molecule has 1 aromatic rings. The number of hydrogen-bond acceptors (Lipinski definition) is 3. The first-order valence-corrected chi connectivity index (χ1v) is 7.63. The van der Waals surface area contributed by atoms with Crippen molar-refractivity contribution < 1.29 is 4.39 Å². The van der Waals surface area contributed by atoms with Crippen molar-refractivity contribution in [2.45, 2.75) is 32.7 Å². The minimum atomic E-state index is -0.118. The number of halogens is 1. The number of nitrogens with zero attached hydrogens (tertiary/aromatic N) is 2. The van der Waals surface area contributed by atoms with E-state index in [2.05, 4.69) is 23.6 Å². The molecular weight excluding hydrogens is 253 g/mol. The maximum atomic E-state index is 14.2. The summed E-state index contributed by atoms with van der Waals surface area (Å²) in [5.41, 5.74) is 7.44. The van der Waals surface area contributed by atoms with Gasteiger partial charge in [-0.15, -0.1) is 0 Å². The van der Waals surface area contributed by atoms with Gasteiger partial charge in [0.25, 0.3) is 0 Å². The Balaban J connectivity index is 2.10. The van der Waals surface area contributed by atoms with E-state index in [0.29, 0.717) is 12.6 Å². The van der Waals surface area contributed by atoms with Crippen LogP contribution in [-0.2, 0) is 6.42 Å². The minimum Gasteiger partial charge on any atom is -0.366 e. The first-order chi connectivity index (χ1) is 9.67. The van der Waals surface area contributed by atoms with Crippen LogP contribution in [0.15, 0.2) is 18.2 Å². The molecule has 1 aliphatic heterocycles. The van der Waals surface area contributed by atoms with Crippen LogP contribution in [0.25, 0.3) is 0 Å². The van der Waals surface area contributed by atoms with Crippen molar-refractivity contribution in [2.24, 2.45) is 5.73 Å². The molecule has 112 valence electrons. The summed E-state index contributed by atoms with van der Waals surface area (Å²) in [6.07, 6.45) is 1.90. The van der Waals surface area contributed by atoms with Crippen LogP contribution in [0.4, 0.5) is 10.1 Å². The van der Waals surface area contributed by atoms with Gasteiger partial charge in [0.05, 0.1) is 5.69 Å². The fraction of sp³-hybridized carbons (Fsp3) is 0.625. The summed E-state index contributed by atoms with van der Waals surface area (Å²) in [5.74, 6) is -0.118. The summed E-state index contributed by atoms with van der Waals surface area (Å²) in [5, 5.41) is 0. The van der Waals surface area contributed by atoms with Crippen LogP contribution in [0.1, 0.15) is 25.8 Å². The summed E-state index contributed by atoms with van der Waals surface area (Å²) in [7, 11) is 0. The predicted molar refractivity (Wildman–Crippen MR) is 82.7 cm³/mol. The molecule has 0 aromatic heterocycles. The fourth-order valence-electron chi connectivity index (χ4n) is 2.92. The molecule has 2 N–H and O–H groups in total. The number of benzene rings is 1. The summed E-state index contributed by atoms with van der Waals surface area (Å²) in [4.78, 5) is 4.67. The van der Waals surface area contributed by atoms with Crippen molar-refractivity contribution >= 4 is 5.69 Å². The molecule has 0 spiro atoms. The Labute approximate surface area is 121 Å². The average Bonchev–Trinajstić information content (AvgIpc) is 2.47.